The van der Waals surface area contributed by atoms with Gasteiger partial charge in [-0.2, -0.15) is 0 Å². The second-order valence-electron chi connectivity index (χ2n) is 8.07. The number of aryl methyl sites for hydroxylation is 1. The lowest BCUT2D eigenvalue weighted by Crippen LogP contribution is -2.30. The zero-order valence-electron chi connectivity index (χ0n) is 18.8. The topological polar surface area (TPSA) is 138 Å². The van der Waals surface area contributed by atoms with Crippen molar-refractivity contribution in [1.29, 1.82) is 0 Å². The van der Waals surface area contributed by atoms with Crippen LogP contribution < -0.4 is 10.6 Å². The molecule has 1 atom stereocenters. The van der Waals surface area contributed by atoms with E-state index in [1.54, 1.807) is 6.20 Å². The zero-order chi connectivity index (χ0) is 24.8. The number of rotatable bonds is 10. The van der Waals surface area contributed by atoms with Gasteiger partial charge in [-0.05, 0) is 28.7 Å². The Balaban J connectivity index is 1.23. The summed E-state index contributed by atoms with van der Waals surface area (Å²) in [4.78, 5) is 39.8. The average molecular weight is 496 g/mol. The van der Waals surface area contributed by atoms with Crippen LogP contribution in [0.25, 0.3) is 11.1 Å². The number of aliphatic hydroxyl groups is 1. The van der Waals surface area contributed by atoms with E-state index in [-0.39, 0.29) is 37.8 Å². The summed E-state index contributed by atoms with van der Waals surface area (Å²) in [6, 6.07) is 16.2. The van der Waals surface area contributed by atoms with Crippen molar-refractivity contribution >= 4 is 34.4 Å². The molecule has 182 valence electrons. The van der Waals surface area contributed by atoms with E-state index in [1.165, 1.54) is 11.3 Å². The van der Waals surface area contributed by atoms with E-state index < -0.39 is 18.2 Å². The molecule has 35 heavy (non-hydrogen) atoms. The Morgan fingerprint density at radius 2 is 1.71 bits per heavy atom. The molecule has 0 spiro atoms. The fourth-order valence-electron chi connectivity index (χ4n) is 4.00. The molecule has 1 aliphatic rings. The van der Waals surface area contributed by atoms with E-state index in [0.29, 0.717) is 11.6 Å². The predicted molar refractivity (Wildman–Crippen MR) is 130 cm³/mol. The smallest absolute Gasteiger partial charge is 0.413 e. The molecule has 0 aliphatic heterocycles. The first-order valence-corrected chi connectivity index (χ1v) is 12.0. The minimum Gasteiger partial charge on any atom is -0.479 e. The zero-order valence-corrected chi connectivity index (χ0v) is 19.6. The number of fused-ring (bicyclic) bond motifs is 3. The van der Waals surface area contributed by atoms with Crippen molar-refractivity contribution < 1.29 is 29.3 Å². The van der Waals surface area contributed by atoms with Crippen molar-refractivity contribution in [1.82, 2.24) is 10.3 Å². The predicted octanol–water partition coefficient (Wildman–Crippen LogP) is 3.39. The number of carbonyl (C=O) groups is 3. The maximum Gasteiger partial charge on any atom is 0.413 e. The van der Waals surface area contributed by atoms with Gasteiger partial charge in [0.2, 0.25) is 5.91 Å². The first kappa shape index (κ1) is 24.4. The van der Waals surface area contributed by atoms with E-state index in [1.807, 2.05) is 24.3 Å². The lowest BCUT2D eigenvalue weighted by molar-refractivity contribution is -0.147. The number of nitrogens with zero attached hydrogens (tertiary/aromatic N) is 1. The van der Waals surface area contributed by atoms with E-state index in [9.17, 15) is 19.5 Å². The van der Waals surface area contributed by atoms with E-state index >= 15 is 0 Å². The van der Waals surface area contributed by atoms with E-state index in [2.05, 4.69) is 39.9 Å². The SMILES string of the molecule is O=C(CCc1cnc(NC(=O)OCC2c3ccccc3-c3ccccc32)s1)NCCC(O)C(=O)O. The number of carbonyl (C=O) groups excluding carboxylic acids is 2. The molecule has 0 bridgehead atoms. The van der Waals surface area contributed by atoms with Gasteiger partial charge in [-0.3, -0.25) is 10.1 Å². The highest BCUT2D eigenvalue weighted by molar-refractivity contribution is 7.15. The Labute approximate surface area is 205 Å². The summed E-state index contributed by atoms with van der Waals surface area (Å²) in [6.07, 6.45) is 0.0274. The number of aliphatic hydroxyl groups excluding tert-OH is 1. The van der Waals surface area contributed by atoms with Crippen molar-refractivity contribution in [2.45, 2.75) is 31.3 Å². The molecule has 0 fully saturated rings. The number of anilines is 1. The maximum atomic E-state index is 12.4. The standard InChI is InChI=1S/C25H25N3O6S/c29-21(23(31)32)11-12-26-22(30)10-9-15-13-27-24(35-15)28-25(33)34-14-20-18-7-3-1-5-16(18)17-6-2-4-8-19(17)20/h1-8,13,20-21,29H,9-12,14H2,(H,26,30)(H,31,32)(H,27,28,33). The summed E-state index contributed by atoms with van der Waals surface area (Å²) in [7, 11) is 0. The first-order chi connectivity index (χ1) is 16.9. The molecule has 1 aromatic heterocycles. The number of nitrogens with one attached hydrogen (secondary N) is 2. The fraction of sp³-hybridized carbons (Fsp3) is 0.280. The van der Waals surface area contributed by atoms with Gasteiger partial charge in [0.15, 0.2) is 11.2 Å². The molecule has 1 aliphatic carbocycles. The van der Waals surface area contributed by atoms with Gasteiger partial charge >= 0.3 is 12.1 Å². The van der Waals surface area contributed by atoms with Crippen molar-refractivity contribution in [3.05, 3.63) is 70.7 Å². The Kier molecular flexibility index (Phi) is 7.74. The molecule has 4 rings (SSSR count). The number of benzene rings is 2. The average Bonchev–Trinajstić information content (AvgIpc) is 3.43. The molecule has 1 unspecified atom stereocenters. The number of aliphatic carboxylic acids is 1. The lowest BCUT2D eigenvalue weighted by atomic mass is 9.98. The van der Waals surface area contributed by atoms with Gasteiger partial charge in [0.05, 0.1) is 0 Å². The number of hydrogen-bond donors (Lipinski definition) is 4. The number of amides is 2. The van der Waals surface area contributed by atoms with Gasteiger partial charge < -0.3 is 20.3 Å². The molecule has 3 aromatic rings. The molecule has 0 saturated heterocycles. The quantitative estimate of drug-likeness (QED) is 0.338. The highest BCUT2D eigenvalue weighted by Gasteiger charge is 2.29. The number of aromatic nitrogens is 1. The fourth-order valence-corrected chi connectivity index (χ4v) is 4.80. The molecule has 2 aromatic carbocycles. The molecule has 10 heteroatoms. The van der Waals surface area contributed by atoms with Gasteiger partial charge in [0.1, 0.15) is 6.61 Å². The van der Waals surface area contributed by atoms with Gasteiger partial charge in [-0.15, -0.1) is 11.3 Å². The maximum absolute atomic E-state index is 12.4. The van der Waals surface area contributed by atoms with Gasteiger partial charge in [-0.25, -0.2) is 14.6 Å². The van der Waals surface area contributed by atoms with Crippen LogP contribution in [0.15, 0.2) is 54.7 Å². The number of ether oxygens (including phenoxy) is 1. The van der Waals surface area contributed by atoms with Crippen molar-refractivity contribution in [3.63, 3.8) is 0 Å². The third-order valence-electron chi connectivity index (χ3n) is 5.73. The minimum atomic E-state index is -1.50. The molecular formula is C25H25N3O6S. The van der Waals surface area contributed by atoms with Crippen LogP contribution >= 0.6 is 11.3 Å². The third kappa shape index (κ3) is 6.03. The Morgan fingerprint density at radius 1 is 1.06 bits per heavy atom. The summed E-state index contributed by atoms with van der Waals surface area (Å²) >= 11 is 1.25. The van der Waals surface area contributed by atoms with Crippen LogP contribution in [-0.4, -0.2) is 52.4 Å². The van der Waals surface area contributed by atoms with Gasteiger partial charge in [0, 0.05) is 36.4 Å². The Hall–Kier alpha value is -3.76. The highest BCUT2D eigenvalue weighted by atomic mass is 32.1. The molecule has 0 radical (unpaired) electrons. The molecule has 9 nitrogen and oxygen atoms in total. The van der Waals surface area contributed by atoms with Crippen LogP contribution in [0.1, 0.15) is 34.8 Å². The Bertz CT molecular complexity index is 1180. The van der Waals surface area contributed by atoms with Crippen LogP contribution in [0.4, 0.5) is 9.93 Å². The molecule has 2 amide bonds. The first-order valence-electron chi connectivity index (χ1n) is 11.2. The molecule has 0 saturated carbocycles. The second-order valence-corrected chi connectivity index (χ2v) is 9.19. The minimum absolute atomic E-state index is 0.0323. The van der Waals surface area contributed by atoms with Gasteiger partial charge in [0.25, 0.3) is 0 Å². The largest absolute Gasteiger partial charge is 0.479 e. The summed E-state index contributed by atoms with van der Waals surface area (Å²) in [5.74, 6) is -1.61. The Morgan fingerprint density at radius 3 is 2.37 bits per heavy atom. The summed E-state index contributed by atoms with van der Waals surface area (Å²) in [5, 5.41) is 23.4. The van der Waals surface area contributed by atoms with Crippen LogP contribution in [0.3, 0.4) is 0 Å². The van der Waals surface area contributed by atoms with Crippen LogP contribution in [0.5, 0.6) is 0 Å². The van der Waals surface area contributed by atoms with E-state index in [0.717, 1.165) is 27.1 Å². The number of hydrogen-bond acceptors (Lipinski definition) is 7. The molecular weight excluding hydrogens is 470 g/mol. The van der Waals surface area contributed by atoms with Gasteiger partial charge in [-0.1, -0.05) is 48.5 Å². The third-order valence-corrected chi connectivity index (χ3v) is 6.70. The van der Waals surface area contributed by atoms with E-state index in [4.69, 9.17) is 9.84 Å². The summed E-state index contributed by atoms with van der Waals surface area (Å²) < 4.78 is 5.52. The lowest BCUT2D eigenvalue weighted by Gasteiger charge is -2.14. The van der Waals surface area contributed by atoms with Crippen molar-refractivity contribution in [3.8, 4) is 11.1 Å². The highest BCUT2D eigenvalue weighted by Crippen LogP contribution is 2.44. The number of carboxylic acids is 1. The van der Waals surface area contributed by atoms with Crippen LogP contribution in [0, 0.1) is 0 Å². The van der Waals surface area contributed by atoms with Crippen LogP contribution in [0.2, 0.25) is 0 Å². The molecule has 4 N–H and O–H groups in total. The number of thiazole rings is 1. The molecule has 1 heterocycles. The van der Waals surface area contributed by atoms with Crippen LogP contribution in [-0.2, 0) is 20.7 Å². The summed E-state index contributed by atoms with van der Waals surface area (Å²) in [5.41, 5.74) is 4.58. The van der Waals surface area contributed by atoms with Crippen molar-refractivity contribution in [2.24, 2.45) is 0 Å². The second kappa shape index (κ2) is 11.1. The summed E-state index contributed by atoms with van der Waals surface area (Å²) in [6.45, 7) is 0.276. The van der Waals surface area contributed by atoms with Crippen molar-refractivity contribution in [2.75, 3.05) is 18.5 Å². The normalized spacial score (nSPS) is 12.9. The number of carboxylic acid groups (broad SMARTS) is 1. The monoisotopic (exact) mass is 495 g/mol.